The first-order valence-electron chi connectivity index (χ1n) is 7.90. The molecule has 4 nitrogen and oxygen atoms in total. The minimum Gasteiger partial charge on any atom is -0.454 e. The molecule has 2 heterocycles. The van der Waals surface area contributed by atoms with Crippen molar-refractivity contribution >= 4 is 28.0 Å². The van der Waals surface area contributed by atoms with E-state index in [2.05, 4.69) is 19.2 Å². The maximum Gasteiger partial charge on any atom is 0.268 e. The summed E-state index contributed by atoms with van der Waals surface area (Å²) in [5.41, 5.74) is 3.32. The van der Waals surface area contributed by atoms with Crippen LogP contribution in [-0.2, 0) is 6.54 Å². The van der Waals surface area contributed by atoms with E-state index in [-0.39, 0.29) is 5.91 Å². The lowest BCUT2D eigenvalue weighted by atomic mass is 10.1. The van der Waals surface area contributed by atoms with Gasteiger partial charge in [-0.15, -0.1) is 0 Å². The summed E-state index contributed by atoms with van der Waals surface area (Å²) < 4.78 is 7.90. The third-order valence-electron chi connectivity index (χ3n) is 3.98. The van der Waals surface area contributed by atoms with Crippen LogP contribution in [0.3, 0.4) is 0 Å². The first kappa shape index (κ1) is 14.7. The number of aromatic nitrogens is 1. The highest BCUT2D eigenvalue weighted by Crippen LogP contribution is 2.31. The molecule has 0 radical (unpaired) electrons. The predicted molar refractivity (Wildman–Crippen MR) is 89.2 cm³/mol. The van der Waals surface area contributed by atoms with Gasteiger partial charge in [0, 0.05) is 24.5 Å². The van der Waals surface area contributed by atoms with Crippen LogP contribution in [0.1, 0.15) is 37.7 Å². The van der Waals surface area contributed by atoms with Crippen LogP contribution in [0.5, 0.6) is 0 Å². The Morgan fingerprint density at radius 3 is 2.77 bits per heavy atom. The molecule has 3 rings (SSSR count). The number of furan rings is 1. The number of nitrogens with zero attached hydrogens (tertiary/aromatic N) is 1. The average Bonchev–Trinajstić information content (AvgIpc) is 3.02. The Morgan fingerprint density at radius 1 is 1.27 bits per heavy atom. The molecule has 0 fully saturated rings. The zero-order chi connectivity index (χ0) is 15.7. The number of nitrogens with one attached hydrogen (secondary N) is 1. The maximum atomic E-state index is 12.4. The van der Waals surface area contributed by atoms with Gasteiger partial charge in [0.05, 0.1) is 5.52 Å². The van der Waals surface area contributed by atoms with Gasteiger partial charge in [0.15, 0.2) is 5.58 Å². The van der Waals surface area contributed by atoms with Gasteiger partial charge in [0.25, 0.3) is 5.91 Å². The molecule has 0 saturated heterocycles. The molecule has 0 saturated carbocycles. The maximum absolute atomic E-state index is 12.4. The second-order valence-corrected chi connectivity index (χ2v) is 6.02. The number of hydrogen-bond donors (Lipinski definition) is 1. The lowest BCUT2D eigenvalue weighted by Gasteiger charge is -2.09. The van der Waals surface area contributed by atoms with Gasteiger partial charge in [-0.1, -0.05) is 26.0 Å². The van der Waals surface area contributed by atoms with Crippen molar-refractivity contribution in [3.63, 3.8) is 0 Å². The van der Waals surface area contributed by atoms with E-state index >= 15 is 0 Å². The van der Waals surface area contributed by atoms with Gasteiger partial charge in [0.2, 0.25) is 0 Å². The number of carbonyl (C=O) groups is 1. The summed E-state index contributed by atoms with van der Waals surface area (Å²) in [5.74, 6) is 0.552. The number of amides is 1. The fraction of sp³-hybridized carbons (Fsp3) is 0.389. The second-order valence-electron chi connectivity index (χ2n) is 6.02. The Hall–Kier alpha value is -2.23. The van der Waals surface area contributed by atoms with Gasteiger partial charge in [-0.3, -0.25) is 4.79 Å². The third-order valence-corrected chi connectivity index (χ3v) is 3.98. The van der Waals surface area contributed by atoms with Crippen LogP contribution in [0.4, 0.5) is 0 Å². The smallest absolute Gasteiger partial charge is 0.268 e. The number of benzene rings is 1. The van der Waals surface area contributed by atoms with Crippen molar-refractivity contribution < 1.29 is 9.21 Å². The second kappa shape index (κ2) is 5.87. The molecule has 2 aromatic heterocycles. The van der Waals surface area contributed by atoms with Crippen LogP contribution in [0, 0.1) is 5.92 Å². The molecule has 4 heteroatoms. The molecule has 116 valence electrons. The van der Waals surface area contributed by atoms with E-state index in [1.165, 1.54) is 0 Å². The normalized spacial score (nSPS) is 11.6. The number of hydrogen-bond acceptors (Lipinski definition) is 2. The standard InChI is InChI=1S/C18H22N2O2/c1-4-20-14(18(21)19-10-9-12(2)3)11-16-17(20)13-7-5-6-8-15(13)22-16/h5-8,11-12H,4,9-10H2,1-3H3,(H,19,21). The van der Waals surface area contributed by atoms with E-state index in [1.807, 2.05) is 41.8 Å². The van der Waals surface area contributed by atoms with Crippen molar-refractivity contribution in [1.29, 1.82) is 0 Å². The number of carbonyl (C=O) groups excluding carboxylic acids is 1. The highest BCUT2D eigenvalue weighted by molar-refractivity contribution is 6.07. The Morgan fingerprint density at radius 2 is 2.05 bits per heavy atom. The Kier molecular flexibility index (Phi) is 3.92. The van der Waals surface area contributed by atoms with E-state index in [4.69, 9.17) is 4.42 Å². The number of para-hydroxylation sites is 1. The fourth-order valence-electron chi connectivity index (χ4n) is 2.83. The van der Waals surface area contributed by atoms with Crippen LogP contribution < -0.4 is 5.32 Å². The van der Waals surface area contributed by atoms with Gasteiger partial charge in [0.1, 0.15) is 11.3 Å². The number of aryl methyl sites for hydroxylation is 1. The molecule has 1 aromatic carbocycles. The van der Waals surface area contributed by atoms with Crippen molar-refractivity contribution in [1.82, 2.24) is 9.88 Å². The van der Waals surface area contributed by atoms with Crippen molar-refractivity contribution in [2.24, 2.45) is 5.92 Å². The van der Waals surface area contributed by atoms with Crippen LogP contribution >= 0.6 is 0 Å². The Labute approximate surface area is 130 Å². The largest absolute Gasteiger partial charge is 0.454 e. The zero-order valence-electron chi connectivity index (χ0n) is 13.3. The molecule has 0 aliphatic heterocycles. The van der Waals surface area contributed by atoms with Gasteiger partial charge in [-0.2, -0.15) is 0 Å². The first-order chi connectivity index (χ1) is 10.6. The number of rotatable bonds is 5. The van der Waals surface area contributed by atoms with E-state index in [1.54, 1.807) is 0 Å². The Balaban J connectivity index is 1.98. The highest BCUT2D eigenvalue weighted by atomic mass is 16.3. The summed E-state index contributed by atoms with van der Waals surface area (Å²) in [4.78, 5) is 12.4. The fourth-order valence-corrected chi connectivity index (χ4v) is 2.83. The summed E-state index contributed by atoms with van der Waals surface area (Å²) >= 11 is 0. The molecular weight excluding hydrogens is 276 g/mol. The summed E-state index contributed by atoms with van der Waals surface area (Å²) in [7, 11) is 0. The molecule has 0 bridgehead atoms. The lowest BCUT2D eigenvalue weighted by molar-refractivity contribution is 0.0943. The molecular formula is C18H22N2O2. The highest BCUT2D eigenvalue weighted by Gasteiger charge is 2.19. The predicted octanol–water partition coefficient (Wildman–Crippen LogP) is 4.18. The zero-order valence-corrected chi connectivity index (χ0v) is 13.3. The summed E-state index contributed by atoms with van der Waals surface area (Å²) in [5, 5.41) is 4.06. The summed E-state index contributed by atoms with van der Waals surface area (Å²) in [6, 6.07) is 9.79. The Bertz CT molecular complexity index is 811. The van der Waals surface area contributed by atoms with Crippen LogP contribution in [-0.4, -0.2) is 17.0 Å². The molecule has 0 unspecified atom stereocenters. The van der Waals surface area contributed by atoms with Crippen molar-refractivity contribution in [2.75, 3.05) is 6.54 Å². The third kappa shape index (κ3) is 2.49. The molecule has 1 N–H and O–H groups in total. The molecule has 22 heavy (non-hydrogen) atoms. The van der Waals surface area contributed by atoms with Crippen molar-refractivity contribution in [3.8, 4) is 0 Å². The quantitative estimate of drug-likeness (QED) is 0.768. The number of fused-ring (bicyclic) bond motifs is 3. The molecule has 0 aliphatic carbocycles. The monoisotopic (exact) mass is 298 g/mol. The molecule has 1 amide bonds. The molecule has 0 aliphatic rings. The van der Waals surface area contributed by atoms with E-state index in [9.17, 15) is 4.79 Å². The van der Waals surface area contributed by atoms with Gasteiger partial charge in [-0.05, 0) is 31.4 Å². The van der Waals surface area contributed by atoms with E-state index in [0.29, 0.717) is 18.2 Å². The first-order valence-corrected chi connectivity index (χ1v) is 7.90. The van der Waals surface area contributed by atoms with Crippen LogP contribution in [0.15, 0.2) is 34.7 Å². The minimum absolute atomic E-state index is 0.0296. The SMILES string of the molecule is CCn1c(C(=O)NCCC(C)C)cc2oc3ccccc3c21. The average molecular weight is 298 g/mol. The van der Waals surface area contributed by atoms with E-state index in [0.717, 1.165) is 35.0 Å². The van der Waals surface area contributed by atoms with Crippen molar-refractivity contribution in [3.05, 3.63) is 36.0 Å². The van der Waals surface area contributed by atoms with Gasteiger partial charge < -0.3 is 14.3 Å². The van der Waals surface area contributed by atoms with E-state index < -0.39 is 0 Å². The van der Waals surface area contributed by atoms with Gasteiger partial charge in [-0.25, -0.2) is 0 Å². The lowest BCUT2D eigenvalue weighted by Crippen LogP contribution is -2.27. The topological polar surface area (TPSA) is 47.2 Å². The minimum atomic E-state index is -0.0296. The van der Waals surface area contributed by atoms with Gasteiger partial charge >= 0.3 is 0 Å². The van der Waals surface area contributed by atoms with Crippen molar-refractivity contribution in [2.45, 2.75) is 33.7 Å². The molecule has 3 aromatic rings. The summed E-state index contributed by atoms with van der Waals surface area (Å²) in [6.07, 6.45) is 0.984. The molecule has 0 atom stereocenters. The summed E-state index contributed by atoms with van der Waals surface area (Å²) in [6.45, 7) is 7.79. The van der Waals surface area contributed by atoms with Crippen LogP contribution in [0.25, 0.3) is 22.1 Å². The molecule has 0 spiro atoms. The van der Waals surface area contributed by atoms with Crippen LogP contribution in [0.2, 0.25) is 0 Å².